The van der Waals surface area contributed by atoms with Crippen LogP contribution in [-0.2, 0) is 11.8 Å². The van der Waals surface area contributed by atoms with Crippen LogP contribution >= 0.6 is 0 Å². The van der Waals surface area contributed by atoms with Crippen molar-refractivity contribution in [1.29, 1.82) is 0 Å². The number of nitrogens with one attached hydrogen (secondary N) is 2. The first-order chi connectivity index (χ1) is 12.5. The second kappa shape index (κ2) is 7.96. The average molecular weight is 358 g/mol. The van der Waals surface area contributed by atoms with Crippen LogP contribution in [-0.4, -0.2) is 57.8 Å². The molecule has 26 heavy (non-hydrogen) atoms. The van der Waals surface area contributed by atoms with E-state index in [1.165, 1.54) is 4.57 Å². The Morgan fingerprint density at radius 3 is 3.00 bits per heavy atom. The number of aromatic nitrogens is 3. The van der Waals surface area contributed by atoms with E-state index < -0.39 is 0 Å². The van der Waals surface area contributed by atoms with Gasteiger partial charge in [0.05, 0.1) is 31.1 Å². The summed E-state index contributed by atoms with van der Waals surface area (Å²) in [4.78, 5) is 34.3. The third-order valence-electron chi connectivity index (χ3n) is 4.10. The van der Waals surface area contributed by atoms with Gasteiger partial charge < -0.3 is 24.8 Å². The van der Waals surface area contributed by atoms with Gasteiger partial charge in [-0.25, -0.2) is 9.78 Å². The number of carbonyl (C=O) groups excluding carboxylic acids is 1. The van der Waals surface area contributed by atoms with Crippen molar-refractivity contribution >= 4 is 17.5 Å². The summed E-state index contributed by atoms with van der Waals surface area (Å²) in [5, 5.41) is 5.83. The fourth-order valence-corrected chi connectivity index (χ4v) is 2.60. The number of aryl methyl sites for hydroxylation is 2. The maximum Gasteiger partial charge on any atom is 0.322 e. The van der Waals surface area contributed by atoms with Gasteiger partial charge in [-0.1, -0.05) is 0 Å². The molecular weight excluding hydrogens is 336 g/mol. The van der Waals surface area contributed by atoms with Crippen LogP contribution in [0.25, 0.3) is 0 Å². The van der Waals surface area contributed by atoms with Gasteiger partial charge in [-0.2, -0.15) is 0 Å². The van der Waals surface area contributed by atoms with Crippen molar-refractivity contribution in [2.45, 2.75) is 13.0 Å². The second-order valence-corrected chi connectivity index (χ2v) is 6.13. The molecule has 0 aromatic carbocycles. The van der Waals surface area contributed by atoms with Gasteiger partial charge >= 0.3 is 6.03 Å². The second-order valence-electron chi connectivity index (χ2n) is 6.13. The van der Waals surface area contributed by atoms with E-state index in [1.54, 1.807) is 30.5 Å². The highest BCUT2D eigenvalue weighted by Crippen LogP contribution is 2.10. The van der Waals surface area contributed by atoms with Crippen molar-refractivity contribution in [2.24, 2.45) is 7.05 Å². The molecule has 1 aliphatic rings. The van der Waals surface area contributed by atoms with E-state index in [0.29, 0.717) is 31.9 Å². The first-order valence-corrected chi connectivity index (χ1v) is 8.38. The fraction of sp³-hybridized carbons (Fsp3) is 0.412. The number of morpholine rings is 1. The summed E-state index contributed by atoms with van der Waals surface area (Å²) in [7, 11) is 1.66. The lowest BCUT2D eigenvalue weighted by atomic mass is 10.2. The van der Waals surface area contributed by atoms with Gasteiger partial charge in [0, 0.05) is 38.2 Å². The number of amides is 2. The molecule has 3 heterocycles. The SMILES string of the molecule is Cc1ccc(NC(=O)N2CCOC(CNc3nccn(C)c3=O)C2)cn1. The van der Waals surface area contributed by atoms with Gasteiger partial charge in [0.25, 0.3) is 5.56 Å². The zero-order valence-electron chi connectivity index (χ0n) is 14.8. The molecule has 1 unspecified atom stereocenters. The molecule has 0 bridgehead atoms. The standard InChI is InChI=1S/C17H22N6O3/c1-12-3-4-13(9-19-12)21-17(25)23-7-8-26-14(11-23)10-20-15-16(24)22(2)6-5-18-15/h3-6,9,14H,7-8,10-11H2,1-2H3,(H,18,20)(H,21,25). The number of hydrogen-bond acceptors (Lipinski definition) is 6. The highest BCUT2D eigenvalue weighted by molar-refractivity contribution is 5.89. The van der Waals surface area contributed by atoms with Gasteiger partial charge in [0.1, 0.15) is 0 Å². The molecule has 1 fully saturated rings. The number of hydrogen-bond donors (Lipinski definition) is 2. The smallest absolute Gasteiger partial charge is 0.322 e. The van der Waals surface area contributed by atoms with E-state index in [4.69, 9.17) is 4.74 Å². The molecule has 1 atom stereocenters. The molecule has 9 heteroatoms. The highest BCUT2D eigenvalue weighted by atomic mass is 16.5. The Morgan fingerprint density at radius 1 is 1.38 bits per heavy atom. The monoisotopic (exact) mass is 358 g/mol. The zero-order chi connectivity index (χ0) is 18.5. The molecule has 0 saturated carbocycles. The highest BCUT2D eigenvalue weighted by Gasteiger charge is 2.24. The molecule has 3 rings (SSSR count). The predicted octanol–water partition coefficient (Wildman–Crippen LogP) is 0.829. The average Bonchev–Trinajstić information content (AvgIpc) is 2.65. The Hall–Kier alpha value is -2.94. The van der Waals surface area contributed by atoms with Crippen LogP contribution in [0, 0.1) is 6.92 Å². The lowest BCUT2D eigenvalue weighted by Gasteiger charge is -2.33. The number of pyridine rings is 1. The molecule has 2 N–H and O–H groups in total. The summed E-state index contributed by atoms with van der Waals surface area (Å²) in [5.74, 6) is 0.269. The molecule has 138 valence electrons. The third kappa shape index (κ3) is 4.37. The topological polar surface area (TPSA) is 101 Å². The van der Waals surface area contributed by atoms with Crippen molar-refractivity contribution in [3.8, 4) is 0 Å². The Labute approximate surface area is 151 Å². The first-order valence-electron chi connectivity index (χ1n) is 8.38. The molecule has 2 amide bonds. The van der Waals surface area contributed by atoms with Crippen LogP contribution in [0.1, 0.15) is 5.69 Å². The van der Waals surface area contributed by atoms with E-state index in [1.807, 2.05) is 19.1 Å². The molecular formula is C17H22N6O3. The maximum atomic E-state index is 12.4. The predicted molar refractivity (Wildman–Crippen MR) is 97.3 cm³/mol. The van der Waals surface area contributed by atoms with Crippen molar-refractivity contribution in [3.63, 3.8) is 0 Å². The largest absolute Gasteiger partial charge is 0.373 e. The van der Waals surface area contributed by atoms with E-state index in [-0.39, 0.29) is 23.5 Å². The van der Waals surface area contributed by atoms with Gasteiger partial charge in [-0.05, 0) is 19.1 Å². The number of nitrogens with zero attached hydrogens (tertiary/aromatic N) is 4. The first kappa shape index (κ1) is 17.9. The number of ether oxygens (including phenoxy) is 1. The summed E-state index contributed by atoms with van der Waals surface area (Å²) < 4.78 is 7.13. The summed E-state index contributed by atoms with van der Waals surface area (Å²) in [5.41, 5.74) is 1.34. The quantitative estimate of drug-likeness (QED) is 0.839. The normalized spacial score (nSPS) is 17.0. The molecule has 1 aliphatic heterocycles. The van der Waals surface area contributed by atoms with Crippen LogP contribution in [0.4, 0.5) is 16.3 Å². The van der Waals surface area contributed by atoms with Gasteiger partial charge in [-0.3, -0.25) is 9.78 Å². The number of carbonyl (C=O) groups is 1. The lowest BCUT2D eigenvalue weighted by Crippen LogP contribution is -2.49. The Morgan fingerprint density at radius 2 is 2.23 bits per heavy atom. The Kier molecular flexibility index (Phi) is 5.47. The minimum absolute atomic E-state index is 0.197. The van der Waals surface area contributed by atoms with Gasteiger partial charge in [-0.15, -0.1) is 0 Å². The molecule has 1 saturated heterocycles. The minimum Gasteiger partial charge on any atom is -0.373 e. The van der Waals surface area contributed by atoms with Crippen LogP contribution in [0.2, 0.25) is 0 Å². The van der Waals surface area contributed by atoms with Crippen LogP contribution in [0.15, 0.2) is 35.5 Å². The number of anilines is 2. The van der Waals surface area contributed by atoms with Crippen molar-refractivity contribution in [3.05, 3.63) is 46.8 Å². The summed E-state index contributed by atoms with van der Waals surface area (Å²) >= 11 is 0. The van der Waals surface area contributed by atoms with E-state index in [9.17, 15) is 9.59 Å². The molecule has 0 radical (unpaired) electrons. The number of rotatable bonds is 4. The third-order valence-corrected chi connectivity index (χ3v) is 4.10. The van der Waals surface area contributed by atoms with Gasteiger partial charge in [0.15, 0.2) is 5.82 Å². The van der Waals surface area contributed by atoms with Crippen molar-refractivity contribution in [1.82, 2.24) is 19.4 Å². The fourth-order valence-electron chi connectivity index (χ4n) is 2.60. The van der Waals surface area contributed by atoms with Crippen molar-refractivity contribution in [2.75, 3.05) is 36.9 Å². The summed E-state index contributed by atoms with van der Waals surface area (Å²) in [6.07, 6.45) is 4.55. The maximum absolute atomic E-state index is 12.4. The van der Waals surface area contributed by atoms with E-state index >= 15 is 0 Å². The molecule has 0 spiro atoms. The summed E-state index contributed by atoms with van der Waals surface area (Å²) in [6.45, 7) is 3.65. The molecule has 2 aromatic heterocycles. The zero-order valence-corrected chi connectivity index (χ0v) is 14.8. The summed E-state index contributed by atoms with van der Waals surface area (Å²) in [6, 6.07) is 3.46. The lowest BCUT2D eigenvalue weighted by molar-refractivity contribution is -0.00450. The molecule has 0 aliphatic carbocycles. The molecule has 9 nitrogen and oxygen atoms in total. The number of urea groups is 1. The Balaban J connectivity index is 1.55. The van der Waals surface area contributed by atoms with E-state index in [0.717, 1.165) is 5.69 Å². The van der Waals surface area contributed by atoms with Crippen LogP contribution < -0.4 is 16.2 Å². The minimum atomic E-state index is -0.225. The van der Waals surface area contributed by atoms with Crippen LogP contribution in [0.3, 0.4) is 0 Å². The Bertz CT molecular complexity index is 820. The molecule has 2 aromatic rings. The van der Waals surface area contributed by atoms with Crippen LogP contribution in [0.5, 0.6) is 0 Å². The van der Waals surface area contributed by atoms with Crippen molar-refractivity contribution < 1.29 is 9.53 Å². The van der Waals surface area contributed by atoms with E-state index in [2.05, 4.69) is 20.6 Å². The van der Waals surface area contributed by atoms with Gasteiger partial charge in [0.2, 0.25) is 0 Å².